The minimum Gasteiger partial charge on any atom is -0.389 e. The lowest BCUT2D eigenvalue weighted by Gasteiger charge is -2.39. The smallest absolute Gasteiger partial charge is 0.0709 e. The summed E-state index contributed by atoms with van der Waals surface area (Å²) in [5.74, 6) is 2.97. The Labute approximate surface area is 80.7 Å². The van der Waals surface area contributed by atoms with Crippen LogP contribution in [0.25, 0.3) is 0 Å². The van der Waals surface area contributed by atoms with Gasteiger partial charge < -0.3 is 10.4 Å². The van der Waals surface area contributed by atoms with E-state index in [0.717, 1.165) is 32.4 Å². The lowest BCUT2D eigenvalue weighted by molar-refractivity contribution is -0.0474. The van der Waals surface area contributed by atoms with Crippen molar-refractivity contribution in [2.45, 2.75) is 38.2 Å². The number of rotatable bonds is 3. The Morgan fingerprint density at radius 3 is 3.08 bits per heavy atom. The van der Waals surface area contributed by atoms with E-state index in [1.807, 2.05) is 0 Å². The van der Waals surface area contributed by atoms with Gasteiger partial charge in [-0.3, -0.25) is 0 Å². The molecule has 13 heavy (non-hydrogen) atoms. The van der Waals surface area contributed by atoms with Crippen molar-refractivity contribution in [3.63, 3.8) is 0 Å². The first kappa shape index (κ1) is 10.6. The van der Waals surface area contributed by atoms with Crippen LogP contribution in [0.1, 0.15) is 32.6 Å². The number of nitrogens with one attached hydrogen (secondary N) is 1. The van der Waals surface area contributed by atoms with Crippen LogP contribution in [0.2, 0.25) is 0 Å². The number of hydrogen-bond donors (Lipinski definition) is 2. The van der Waals surface area contributed by atoms with Gasteiger partial charge in [-0.2, -0.15) is 0 Å². The van der Waals surface area contributed by atoms with Crippen LogP contribution >= 0.6 is 0 Å². The molecule has 1 saturated heterocycles. The summed E-state index contributed by atoms with van der Waals surface area (Å²) in [6.45, 7) is 3.97. The van der Waals surface area contributed by atoms with E-state index >= 15 is 0 Å². The first-order valence-corrected chi connectivity index (χ1v) is 5.09. The molecular formula is C11H19NO. The average molecular weight is 181 g/mol. The Kier molecular flexibility index (Phi) is 3.77. The maximum absolute atomic E-state index is 10.3. The van der Waals surface area contributed by atoms with Crippen LogP contribution in [-0.4, -0.2) is 23.8 Å². The van der Waals surface area contributed by atoms with Gasteiger partial charge in [0.05, 0.1) is 5.60 Å². The fourth-order valence-corrected chi connectivity index (χ4v) is 2.12. The second kappa shape index (κ2) is 4.64. The van der Waals surface area contributed by atoms with Crippen molar-refractivity contribution < 1.29 is 5.11 Å². The summed E-state index contributed by atoms with van der Waals surface area (Å²) >= 11 is 0. The molecule has 2 nitrogen and oxygen atoms in total. The Balaban J connectivity index is 2.55. The molecule has 1 rings (SSSR count). The van der Waals surface area contributed by atoms with Crippen LogP contribution < -0.4 is 5.32 Å². The Morgan fingerprint density at radius 1 is 1.69 bits per heavy atom. The van der Waals surface area contributed by atoms with Crippen LogP contribution in [-0.2, 0) is 0 Å². The number of hydrogen-bond acceptors (Lipinski definition) is 2. The highest BCUT2D eigenvalue weighted by atomic mass is 16.3. The molecule has 1 heterocycles. The molecule has 2 atom stereocenters. The molecule has 74 valence electrons. The average Bonchev–Trinajstić information content (AvgIpc) is 2.16. The highest BCUT2D eigenvalue weighted by Crippen LogP contribution is 2.31. The molecule has 1 aliphatic heterocycles. The third kappa shape index (κ3) is 2.46. The highest BCUT2D eigenvalue weighted by Gasteiger charge is 2.36. The fourth-order valence-electron chi connectivity index (χ4n) is 2.12. The molecule has 0 aliphatic carbocycles. The zero-order chi connectivity index (χ0) is 9.73. The van der Waals surface area contributed by atoms with Crippen molar-refractivity contribution in [3.05, 3.63) is 0 Å². The second-order valence-corrected chi connectivity index (χ2v) is 3.87. The molecule has 0 saturated carbocycles. The van der Waals surface area contributed by atoms with Crippen molar-refractivity contribution in [2.24, 2.45) is 5.92 Å². The van der Waals surface area contributed by atoms with Crippen molar-refractivity contribution in [1.29, 1.82) is 0 Å². The van der Waals surface area contributed by atoms with Crippen LogP contribution in [0.3, 0.4) is 0 Å². The first-order chi connectivity index (χ1) is 6.23. The third-order valence-electron chi connectivity index (χ3n) is 3.08. The Hall–Kier alpha value is -0.520. The second-order valence-electron chi connectivity index (χ2n) is 3.87. The van der Waals surface area contributed by atoms with Gasteiger partial charge in [0.25, 0.3) is 0 Å². The van der Waals surface area contributed by atoms with E-state index in [1.165, 1.54) is 0 Å². The molecular weight excluding hydrogens is 162 g/mol. The van der Waals surface area contributed by atoms with Crippen molar-refractivity contribution in [2.75, 3.05) is 13.1 Å². The Morgan fingerprint density at radius 2 is 2.46 bits per heavy atom. The molecule has 0 aromatic heterocycles. The fraction of sp³-hybridized carbons (Fsp3) is 0.818. The Bertz CT molecular complexity index is 197. The minimum atomic E-state index is -0.508. The molecule has 0 aromatic rings. The number of terminal acetylenes is 1. The van der Waals surface area contributed by atoms with E-state index in [1.54, 1.807) is 0 Å². The molecule has 1 fully saturated rings. The largest absolute Gasteiger partial charge is 0.389 e. The molecule has 1 aliphatic rings. The highest BCUT2D eigenvalue weighted by molar-refractivity contribution is 4.95. The molecule has 2 unspecified atom stereocenters. The van der Waals surface area contributed by atoms with E-state index < -0.39 is 5.60 Å². The van der Waals surface area contributed by atoms with Crippen LogP contribution in [0, 0.1) is 18.3 Å². The molecule has 0 spiro atoms. The minimum absolute atomic E-state index is 0.370. The van der Waals surface area contributed by atoms with E-state index in [2.05, 4.69) is 18.2 Å². The van der Waals surface area contributed by atoms with Gasteiger partial charge in [0.1, 0.15) is 0 Å². The molecule has 2 N–H and O–H groups in total. The third-order valence-corrected chi connectivity index (χ3v) is 3.08. The lowest BCUT2D eigenvalue weighted by atomic mass is 9.77. The van der Waals surface area contributed by atoms with E-state index in [9.17, 15) is 5.11 Å². The maximum Gasteiger partial charge on any atom is 0.0709 e. The summed E-state index contributed by atoms with van der Waals surface area (Å²) in [6.07, 6.45) is 8.52. The summed E-state index contributed by atoms with van der Waals surface area (Å²) in [5.41, 5.74) is -0.508. The predicted molar refractivity (Wildman–Crippen MR) is 54.3 cm³/mol. The molecule has 0 aromatic carbocycles. The first-order valence-electron chi connectivity index (χ1n) is 5.09. The van der Waals surface area contributed by atoms with E-state index in [0.29, 0.717) is 12.3 Å². The van der Waals surface area contributed by atoms with Gasteiger partial charge in [-0.15, -0.1) is 12.3 Å². The van der Waals surface area contributed by atoms with Crippen molar-refractivity contribution >= 4 is 0 Å². The lowest BCUT2D eigenvalue weighted by Crippen LogP contribution is -2.49. The summed E-state index contributed by atoms with van der Waals surface area (Å²) in [4.78, 5) is 0. The van der Waals surface area contributed by atoms with Crippen LogP contribution in [0.4, 0.5) is 0 Å². The number of aliphatic hydroxyl groups is 1. The quantitative estimate of drug-likeness (QED) is 0.640. The van der Waals surface area contributed by atoms with Gasteiger partial charge in [-0.25, -0.2) is 0 Å². The molecule has 0 amide bonds. The summed E-state index contributed by atoms with van der Waals surface area (Å²) < 4.78 is 0. The van der Waals surface area contributed by atoms with Crippen molar-refractivity contribution in [3.8, 4) is 12.3 Å². The molecule has 0 bridgehead atoms. The normalized spacial score (nSPS) is 34.1. The monoisotopic (exact) mass is 181 g/mol. The van der Waals surface area contributed by atoms with Gasteiger partial charge in [0.15, 0.2) is 0 Å². The molecule has 2 heteroatoms. The van der Waals surface area contributed by atoms with Gasteiger partial charge >= 0.3 is 0 Å². The zero-order valence-electron chi connectivity index (χ0n) is 8.34. The summed E-state index contributed by atoms with van der Waals surface area (Å²) in [7, 11) is 0. The van der Waals surface area contributed by atoms with Gasteiger partial charge in [-0.1, -0.05) is 6.92 Å². The summed E-state index contributed by atoms with van der Waals surface area (Å²) in [5, 5.41) is 13.6. The molecule has 0 radical (unpaired) electrons. The topological polar surface area (TPSA) is 32.3 Å². The van der Waals surface area contributed by atoms with Gasteiger partial charge in [0, 0.05) is 13.0 Å². The standard InChI is InChI=1S/C11H19NO/c1-3-5-6-11(13)7-8-12-9-10(11)4-2/h1,10,12-13H,4-9H2,2H3. The van der Waals surface area contributed by atoms with E-state index in [-0.39, 0.29) is 0 Å². The number of piperidine rings is 1. The van der Waals surface area contributed by atoms with Crippen LogP contribution in [0.15, 0.2) is 0 Å². The van der Waals surface area contributed by atoms with Crippen molar-refractivity contribution in [1.82, 2.24) is 5.32 Å². The predicted octanol–water partition coefficient (Wildman–Crippen LogP) is 1.15. The van der Waals surface area contributed by atoms with Gasteiger partial charge in [-0.05, 0) is 31.7 Å². The van der Waals surface area contributed by atoms with Gasteiger partial charge in [0.2, 0.25) is 0 Å². The maximum atomic E-state index is 10.3. The van der Waals surface area contributed by atoms with Crippen LogP contribution in [0.5, 0.6) is 0 Å². The van der Waals surface area contributed by atoms with E-state index in [4.69, 9.17) is 6.42 Å². The summed E-state index contributed by atoms with van der Waals surface area (Å²) in [6, 6.07) is 0. The SMILES string of the molecule is C#CCCC1(O)CCNCC1CC. The zero-order valence-corrected chi connectivity index (χ0v) is 8.34.